The normalized spacial score (nSPS) is 11.7. The van der Waals surface area contributed by atoms with Gasteiger partial charge < -0.3 is 5.32 Å². The summed E-state index contributed by atoms with van der Waals surface area (Å²) in [6, 6.07) is 4.33. The van der Waals surface area contributed by atoms with Crippen LogP contribution in [0.25, 0.3) is 0 Å². The number of hydrogen-bond acceptors (Lipinski definition) is 3. The summed E-state index contributed by atoms with van der Waals surface area (Å²) in [6.45, 7) is 4.11. The quantitative estimate of drug-likeness (QED) is 0.516. The average Bonchev–Trinajstić information content (AvgIpc) is 2.32. The largest absolute Gasteiger partial charge is 0.352 e. The molecular formula is C13H16ClNO3S. The lowest BCUT2D eigenvalue weighted by molar-refractivity contribution is 0.0954. The van der Waals surface area contributed by atoms with Crippen molar-refractivity contribution in [3.8, 4) is 0 Å². The van der Waals surface area contributed by atoms with Gasteiger partial charge in [-0.05, 0) is 44.0 Å². The maximum absolute atomic E-state index is 11.9. The monoisotopic (exact) mass is 301 g/mol. The van der Waals surface area contributed by atoms with Crippen LogP contribution in [0, 0.1) is 6.92 Å². The smallest absolute Gasteiger partial charge is 0.261 e. The fourth-order valence-electron chi connectivity index (χ4n) is 1.56. The van der Waals surface area contributed by atoms with Gasteiger partial charge in [0.15, 0.2) is 0 Å². The number of nitrogens with one attached hydrogen (secondary N) is 1. The number of benzene rings is 1. The van der Waals surface area contributed by atoms with E-state index in [0.717, 1.165) is 6.42 Å². The first-order valence-electron chi connectivity index (χ1n) is 5.80. The maximum Gasteiger partial charge on any atom is 0.261 e. The third-order valence-electron chi connectivity index (χ3n) is 2.43. The second-order valence-electron chi connectivity index (χ2n) is 4.09. The van der Waals surface area contributed by atoms with Crippen LogP contribution in [0.2, 0.25) is 0 Å². The highest BCUT2D eigenvalue weighted by molar-refractivity contribution is 8.13. The van der Waals surface area contributed by atoms with Gasteiger partial charge in [-0.2, -0.15) is 0 Å². The first-order valence-corrected chi connectivity index (χ1v) is 8.11. The summed E-state index contributed by atoms with van der Waals surface area (Å²) < 4.78 is 22.6. The Hall–Kier alpha value is -1.33. The molecule has 0 saturated heterocycles. The van der Waals surface area contributed by atoms with E-state index in [9.17, 15) is 13.2 Å². The van der Waals surface area contributed by atoms with E-state index in [1.807, 2.05) is 19.1 Å². The lowest BCUT2D eigenvalue weighted by Gasteiger charge is -2.06. The minimum Gasteiger partial charge on any atom is -0.352 e. The summed E-state index contributed by atoms with van der Waals surface area (Å²) in [6.07, 6.45) is 4.57. The van der Waals surface area contributed by atoms with E-state index in [-0.39, 0.29) is 10.8 Å². The minimum absolute atomic E-state index is 0.0622. The number of carbonyl (C=O) groups is 1. The Labute approximate surface area is 117 Å². The molecule has 0 bridgehead atoms. The molecule has 0 unspecified atom stereocenters. The van der Waals surface area contributed by atoms with E-state index in [1.54, 1.807) is 13.0 Å². The van der Waals surface area contributed by atoms with E-state index in [4.69, 9.17) is 10.7 Å². The van der Waals surface area contributed by atoms with Gasteiger partial charge in [-0.25, -0.2) is 8.42 Å². The van der Waals surface area contributed by atoms with Gasteiger partial charge in [-0.3, -0.25) is 4.79 Å². The molecule has 0 atom stereocenters. The standard InChI is InChI=1S/C13H16ClNO3S/c1-3-4-5-6-15-13(16)11-7-10(2)8-12(9-11)19(14,17)18/h3-4,7-9H,5-6H2,1-2H3,(H,15,16)/b4-3+. The predicted octanol–water partition coefficient (Wildman–Crippen LogP) is 2.62. The highest BCUT2D eigenvalue weighted by atomic mass is 35.7. The summed E-state index contributed by atoms with van der Waals surface area (Å²) in [5.74, 6) is -0.310. The Morgan fingerprint density at radius 1 is 1.37 bits per heavy atom. The SMILES string of the molecule is C/C=C/CCNC(=O)c1cc(C)cc(S(=O)(=O)Cl)c1. The van der Waals surface area contributed by atoms with Gasteiger partial charge in [-0.1, -0.05) is 12.2 Å². The predicted molar refractivity (Wildman–Crippen MR) is 76.0 cm³/mol. The number of allylic oxidation sites excluding steroid dienone is 1. The minimum atomic E-state index is -3.83. The molecule has 1 aromatic carbocycles. The Kier molecular flexibility index (Phi) is 5.57. The molecule has 1 aromatic rings. The Morgan fingerprint density at radius 2 is 2.05 bits per heavy atom. The number of hydrogen-bond donors (Lipinski definition) is 1. The molecule has 0 aliphatic heterocycles. The topological polar surface area (TPSA) is 63.2 Å². The van der Waals surface area contributed by atoms with Crippen LogP contribution in [-0.4, -0.2) is 20.9 Å². The van der Waals surface area contributed by atoms with Crippen LogP contribution in [-0.2, 0) is 9.05 Å². The van der Waals surface area contributed by atoms with Crippen LogP contribution in [0.15, 0.2) is 35.2 Å². The zero-order valence-electron chi connectivity index (χ0n) is 10.8. The van der Waals surface area contributed by atoms with Crippen LogP contribution in [0.3, 0.4) is 0 Å². The lowest BCUT2D eigenvalue weighted by Crippen LogP contribution is -2.24. The third kappa shape index (κ3) is 5.04. The Bertz CT molecular complexity index is 594. The average molecular weight is 302 g/mol. The zero-order valence-corrected chi connectivity index (χ0v) is 12.4. The molecule has 1 rings (SSSR count). The second-order valence-corrected chi connectivity index (χ2v) is 6.65. The van der Waals surface area contributed by atoms with Crippen molar-refractivity contribution in [2.24, 2.45) is 0 Å². The van der Waals surface area contributed by atoms with Gasteiger partial charge in [0.05, 0.1) is 4.90 Å². The van der Waals surface area contributed by atoms with E-state index >= 15 is 0 Å². The first-order chi connectivity index (χ1) is 8.84. The molecule has 0 saturated carbocycles. The molecule has 0 aliphatic carbocycles. The van der Waals surface area contributed by atoms with Gasteiger partial charge >= 0.3 is 0 Å². The van der Waals surface area contributed by atoms with E-state index < -0.39 is 9.05 Å². The molecule has 1 amide bonds. The van der Waals surface area contributed by atoms with Crippen molar-refractivity contribution in [2.45, 2.75) is 25.2 Å². The molecule has 0 spiro atoms. The molecule has 19 heavy (non-hydrogen) atoms. The molecule has 104 valence electrons. The number of aryl methyl sites for hydroxylation is 1. The van der Waals surface area contributed by atoms with E-state index in [0.29, 0.717) is 17.7 Å². The first kappa shape index (κ1) is 15.7. The van der Waals surface area contributed by atoms with Gasteiger partial charge in [0.1, 0.15) is 0 Å². The highest BCUT2D eigenvalue weighted by Gasteiger charge is 2.14. The molecule has 1 N–H and O–H groups in total. The molecular weight excluding hydrogens is 286 g/mol. The summed E-state index contributed by atoms with van der Waals surface area (Å²) >= 11 is 0. The second kappa shape index (κ2) is 6.73. The lowest BCUT2D eigenvalue weighted by atomic mass is 10.1. The third-order valence-corrected chi connectivity index (χ3v) is 3.76. The van der Waals surface area contributed by atoms with E-state index in [2.05, 4.69) is 5.32 Å². The van der Waals surface area contributed by atoms with Crippen LogP contribution in [0.4, 0.5) is 0 Å². The number of carbonyl (C=O) groups excluding carboxylic acids is 1. The summed E-state index contributed by atoms with van der Waals surface area (Å²) in [5, 5.41) is 2.71. The van der Waals surface area contributed by atoms with E-state index in [1.165, 1.54) is 12.1 Å². The highest BCUT2D eigenvalue weighted by Crippen LogP contribution is 2.18. The fraction of sp³-hybridized carbons (Fsp3) is 0.308. The van der Waals surface area contributed by atoms with Crippen molar-refractivity contribution in [3.63, 3.8) is 0 Å². The van der Waals surface area contributed by atoms with Gasteiger partial charge in [0, 0.05) is 22.8 Å². The fourth-order valence-corrected chi connectivity index (χ4v) is 2.42. The Morgan fingerprint density at radius 3 is 2.63 bits per heavy atom. The van der Waals surface area contributed by atoms with Gasteiger partial charge in [0.25, 0.3) is 15.0 Å². The molecule has 0 radical (unpaired) electrons. The molecule has 0 heterocycles. The molecule has 6 heteroatoms. The van der Waals surface area contributed by atoms with Crippen molar-refractivity contribution >= 4 is 25.6 Å². The van der Waals surface area contributed by atoms with Crippen LogP contribution < -0.4 is 5.32 Å². The summed E-state index contributed by atoms with van der Waals surface area (Å²) in [4.78, 5) is 11.8. The van der Waals surface area contributed by atoms with Crippen molar-refractivity contribution in [2.75, 3.05) is 6.54 Å². The van der Waals surface area contributed by atoms with Crippen molar-refractivity contribution in [1.82, 2.24) is 5.32 Å². The van der Waals surface area contributed by atoms with Gasteiger partial charge in [-0.15, -0.1) is 0 Å². The molecule has 0 aliphatic rings. The van der Waals surface area contributed by atoms with Crippen LogP contribution in [0.5, 0.6) is 0 Å². The molecule has 0 aromatic heterocycles. The summed E-state index contributed by atoms with van der Waals surface area (Å²) in [7, 11) is 1.45. The van der Waals surface area contributed by atoms with Crippen molar-refractivity contribution < 1.29 is 13.2 Å². The van der Waals surface area contributed by atoms with Crippen molar-refractivity contribution in [3.05, 3.63) is 41.5 Å². The molecule has 0 fully saturated rings. The Balaban J connectivity index is 2.89. The number of halogens is 1. The maximum atomic E-state index is 11.9. The number of amides is 1. The van der Waals surface area contributed by atoms with Gasteiger partial charge in [0.2, 0.25) is 0 Å². The zero-order chi connectivity index (χ0) is 14.5. The van der Waals surface area contributed by atoms with Crippen LogP contribution in [0.1, 0.15) is 29.3 Å². The van der Waals surface area contributed by atoms with Crippen LogP contribution >= 0.6 is 10.7 Å². The summed E-state index contributed by atoms with van der Waals surface area (Å²) in [5.41, 5.74) is 0.958. The molecule has 4 nitrogen and oxygen atoms in total. The van der Waals surface area contributed by atoms with Crippen molar-refractivity contribution in [1.29, 1.82) is 0 Å². The number of rotatable bonds is 5.